The van der Waals surface area contributed by atoms with Crippen LogP contribution in [-0.4, -0.2) is 6.61 Å². The van der Waals surface area contributed by atoms with Crippen molar-refractivity contribution in [3.8, 4) is 5.75 Å². The van der Waals surface area contributed by atoms with E-state index in [-0.39, 0.29) is 4.83 Å². The Labute approximate surface area is 145 Å². The third kappa shape index (κ3) is 3.66. The molecule has 0 aliphatic heterocycles. The molecule has 0 spiro atoms. The highest BCUT2D eigenvalue weighted by atomic mass is 79.9. The number of ether oxygens (including phenoxy) is 1. The van der Waals surface area contributed by atoms with E-state index < -0.39 is 0 Å². The zero-order valence-corrected chi connectivity index (χ0v) is 16.0. The predicted molar refractivity (Wildman–Crippen MR) is 95.0 cm³/mol. The minimum absolute atomic E-state index is 0.106. The average Bonchev–Trinajstić information content (AvgIpc) is 2.40. The minimum Gasteiger partial charge on any atom is -0.494 e. The standard InChI is InChI=1S/C16H15Br3O/c1-3-20-15-7-5-12(18)9-14(15)16(19)13-6-4-11(17)8-10(13)2/h4-9,16H,3H2,1-2H3. The Balaban J connectivity index is 2.46. The van der Waals surface area contributed by atoms with Gasteiger partial charge in [-0.1, -0.05) is 53.9 Å². The van der Waals surface area contributed by atoms with Gasteiger partial charge in [-0.05, 0) is 55.3 Å². The number of rotatable bonds is 4. The van der Waals surface area contributed by atoms with Gasteiger partial charge in [0, 0.05) is 14.5 Å². The van der Waals surface area contributed by atoms with Gasteiger partial charge in [0.05, 0.1) is 11.4 Å². The lowest BCUT2D eigenvalue weighted by Crippen LogP contribution is -2.01. The van der Waals surface area contributed by atoms with Crippen molar-refractivity contribution < 1.29 is 4.74 Å². The van der Waals surface area contributed by atoms with Crippen molar-refractivity contribution in [3.05, 3.63) is 62.0 Å². The second-order valence-corrected chi connectivity index (χ2v) is 7.23. The van der Waals surface area contributed by atoms with Gasteiger partial charge in [0.2, 0.25) is 0 Å². The smallest absolute Gasteiger partial charge is 0.124 e. The maximum absolute atomic E-state index is 5.74. The second-order valence-electron chi connectivity index (χ2n) is 4.48. The van der Waals surface area contributed by atoms with Crippen molar-refractivity contribution in [2.75, 3.05) is 6.61 Å². The fourth-order valence-corrected chi connectivity index (χ4v) is 3.82. The van der Waals surface area contributed by atoms with E-state index in [0.29, 0.717) is 6.61 Å². The zero-order valence-electron chi connectivity index (χ0n) is 11.3. The Kier molecular flexibility index (Phi) is 5.70. The third-order valence-corrected chi connectivity index (χ3v) is 5.02. The van der Waals surface area contributed by atoms with Gasteiger partial charge in [-0.25, -0.2) is 0 Å². The Morgan fingerprint density at radius 3 is 2.30 bits per heavy atom. The van der Waals surface area contributed by atoms with Gasteiger partial charge in [-0.2, -0.15) is 0 Å². The van der Waals surface area contributed by atoms with E-state index in [0.717, 1.165) is 20.3 Å². The van der Waals surface area contributed by atoms with Gasteiger partial charge < -0.3 is 4.74 Å². The minimum atomic E-state index is 0.106. The molecule has 1 nitrogen and oxygen atoms in total. The molecule has 0 N–H and O–H groups in total. The molecular formula is C16H15Br3O. The van der Waals surface area contributed by atoms with Crippen LogP contribution in [0.25, 0.3) is 0 Å². The van der Waals surface area contributed by atoms with Gasteiger partial charge in [-0.3, -0.25) is 0 Å². The van der Waals surface area contributed by atoms with E-state index in [2.05, 4.69) is 79.0 Å². The molecule has 106 valence electrons. The molecule has 0 amide bonds. The fourth-order valence-electron chi connectivity index (χ4n) is 2.10. The summed E-state index contributed by atoms with van der Waals surface area (Å²) in [5.41, 5.74) is 3.61. The lowest BCUT2D eigenvalue weighted by molar-refractivity contribution is 0.337. The predicted octanol–water partition coefficient (Wildman–Crippen LogP) is 6.40. The van der Waals surface area contributed by atoms with Gasteiger partial charge in [0.1, 0.15) is 5.75 Å². The largest absolute Gasteiger partial charge is 0.494 e. The van der Waals surface area contributed by atoms with Crippen LogP contribution in [0.1, 0.15) is 28.4 Å². The molecule has 1 unspecified atom stereocenters. The first-order valence-corrected chi connectivity index (χ1v) is 8.85. The molecule has 0 aromatic heterocycles. The second kappa shape index (κ2) is 7.10. The molecule has 0 heterocycles. The summed E-state index contributed by atoms with van der Waals surface area (Å²) in [4.78, 5) is 0.106. The Morgan fingerprint density at radius 1 is 1.00 bits per heavy atom. The van der Waals surface area contributed by atoms with Crippen LogP contribution in [0, 0.1) is 6.92 Å². The maximum atomic E-state index is 5.74. The quantitative estimate of drug-likeness (QED) is 0.477. The molecule has 2 aromatic carbocycles. The van der Waals surface area contributed by atoms with Gasteiger partial charge in [0.25, 0.3) is 0 Å². The molecule has 0 radical (unpaired) electrons. The van der Waals surface area contributed by atoms with Crippen molar-refractivity contribution in [2.24, 2.45) is 0 Å². The van der Waals surface area contributed by atoms with Gasteiger partial charge in [0.15, 0.2) is 0 Å². The fraction of sp³-hybridized carbons (Fsp3) is 0.250. The highest BCUT2D eigenvalue weighted by Gasteiger charge is 2.17. The molecule has 0 fully saturated rings. The normalized spacial score (nSPS) is 12.2. The Bertz CT molecular complexity index is 611. The molecule has 2 aromatic rings. The lowest BCUT2D eigenvalue weighted by atomic mass is 10.00. The lowest BCUT2D eigenvalue weighted by Gasteiger charge is -2.18. The SMILES string of the molecule is CCOc1ccc(Br)cc1C(Br)c1ccc(Br)cc1C. The number of halogens is 3. The first-order valence-electron chi connectivity index (χ1n) is 6.35. The van der Waals surface area contributed by atoms with Crippen LogP contribution in [0.15, 0.2) is 45.3 Å². The van der Waals surface area contributed by atoms with Crippen molar-refractivity contribution in [1.29, 1.82) is 0 Å². The number of hydrogen-bond donors (Lipinski definition) is 0. The number of hydrogen-bond acceptors (Lipinski definition) is 1. The van der Waals surface area contributed by atoms with E-state index in [4.69, 9.17) is 4.74 Å². The van der Waals surface area contributed by atoms with Crippen molar-refractivity contribution in [3.63, 3.8) is 0 Å². The van der Waals surface area contributed by atoms with Crippen molar-refractivity contribution >= 4 is 47.8 Å². The summed E-state index contributed by atoms with van der Waals surface area (Å²) in [5.74, 6) is 0.917. The Hall–Kier alpha value is -0.320. The average molecular weight is 463 g/mol. The van der Waals surface area contributed by atoms with Crippen molar-refractivity contribution in [2.45, 2.75) is 18.7 Å². The van der Waals surface area contributed by atoms with Crippen LogP contribution in [-0.2, 0) is 0 Å². The van der Waals surface area contributed by atoms with Crippen molar-refractivity contribution in [1.82, 2.24) is 0 Å². The number of aryl methyl sites for hydroxylation is 1. The summed E-state index contributed by atoms with van der Waals surface area (Å²) in [6.45, 7) is 4.78. The number of alkyl halides is 1. The summed E-state index contributed by atoms with van der Waals surface area (Å²) < 4.78 is 7.88. The van der Waals surface area contributed by atoms with Crippen LogP contribution in [0.5, 0.6) is 5.75 Å². The summed E-state index contributed by atoms with van der Waals surface area (Å²) in [7, 11) is 0. The first-order chi connectivity index (χ1) is 9.52. The van der Waals surface area contributed by atoms with E-state index in [1.807, 2.05) is 19.1 Å². The van der Waals surface area contributed by atoms with Gasteiger partial charge in [-0.15, -0.1) is 0 Å². The van der Waals surface area contributed by atoms with E-state index in [1.54, 1.807) is 0 Å². The molecule has 0 saturated heterocycles. The van der Waals surface area contributed by atoms with Crippen LogP contribution in [0.3, 0.4) is 0 Å². The van der Waals surface area contributed by atoms with Gasteiger partial charge >= 0.3 is 0 Å². The molecule has 20 heavy (non-hydrogen) atoms. The summed E-state index contributed by atoms with van der Waals surface area (Å²) in [5, 5.41) is 0. The monoisotopic (exact) mass is 460 g/mol. The molecule has 0 aliphatic rings. The molecule has 4 heteroatoms. The molecule has 0 saturated carbocycles. The molecular weight excluding hydrogens is 448 g/mol. The summed E-state index contributed by atoms with van der Waals surface area (Å²) >= 11 is 10.8. The van der Waals surface area contributed by atoms with E-state index in [1.165, 1.54) is 11.1 Å². The molecule has 0 aliphatic carbocycles. The molecule has 1 atom stereocenters. The highest BCUT2D eigenvalue weighted by molar-refractivity contribution is 9.10. The summed E-state index contributed by atoms with van der Waals surface area (Å²) in [6.07, 6.45) is 0. The van der Waals surface area contributed by atoms with E-state index >= 15 is 0 Å². The highest BCUT2D eigenvalue weighted by Crippen LogP contribution is 2.39. The maximum Gasteiger partial charge on any atom is 0.124 e. The third-order valence-electron chi connectivity index (χ3n) is 3.05. The van der Waals surface area contributed by atoms with Crippen LogP contribution < -0.4 is 4.74 Å². The zero-order chi connectivity index (χ0) is 14.7. The van der Waals surface area contributed by atoms with Crippen LogP contribution in [0.2, 0.25) is 0 Å². The number of benzene rings is 2. The first kappa shape index (κ1) is 16.1. The summed E-state index contributed by atoms with van der Waals surface area (Å²) in [6, 6.07) is 12.4. The molecule has 2 rings (SSSR count). The van der Waals surface area contributed by atoms with Crippen LogP contribution in [0.4, 0.5) is 0 Å². The topological polar surface area (TPSA) is 9.23 Å². The van der Waals surface area contributed by atoms with E-state index in [9.17, 15) is 0 Å². The Morgan fingerprint density at radius 2 is 1.65 bits per heavy atom. The molecule has 0 bridgehead atoms. The van der Waals surface area contributed by atoms with Crippen LogP contribution >= 0.6 is 47.8 Å².